The van der Waals surface area contributed by atoms with E-state index in [1.807, 2.05) is 39.8 Å². The zero-order chi connectivity index (χ0) is 16.0. The fraction of sp³-hybridized carbons (Fsp3) is 0.529. The molecule has 0 saturated carbocycles. The highest BCUT2D eigenvalue weighted by Gasteiger charge is 2.20. The Morgan fingerprint density at radius 3 is 2.43 bits per heavy atom. The monoisotopic (exact) mass is 291 g/mol. The molecule has 0 aliphatic heterocycles. The van der Waals surface area contributed by atoms with E-state index in [-0.39, 0.29) is 11.8 Å². The average Bonchev–Trinajstić information content (AvgIpc) is 2.36. The molecule has 0 spiro atoms. The number of carboxylic acids is 1. The molecular weight excluding hydrogens is 266 g/mol. The third-order valence-electron chi connectivity index (χ3n) is 3.46. The van der Waals surface area contributed by atoms with Crippen molar-refractivity contribution < 1.29 is 14.7 Å². The third kappa shape index (κ3) is 5.98. The maximum Gasteiger partial charge on any atom is 0.326 e. The number of carboxylic acid groups (broad SMARTS) is 1. The second-order valence-corrected chi connectivity index (χ2v) is 6.02. The van der Waals surface area contributed by atoms with E-state index < -0.39 is 12.0 Å². The van der Waals surface area contributed by atoms with Crippen molar-refractivity contribution in [2.24, 2.45) is 5.92 Å². The maximum atomic E-state index is 11.9. The summed E-state index contributed by atoms with van der Waals surface area (Å²) in [5, 5.41) is 11.7. The van der Waals surface area contributed by atoms with Crippen molar-refractivity contribution in [2.45, 2.75) is 53.0 Å². The average molecular weight is 291 g/mol. The SMILES string of the molecule is Cc1ccc(CCC(=O)N[C@H](CC(C)C)C(=O)O)c(C)c1. The summed E-state index contributed by atoms with van der Waals surface area (Å²) in [4.78, 5) is 23.0. The zero-order valence-electron chi connectivity index (χ0n) is 13.3. The fourth-order valence-corrected chi connectivity index (χ4v) is 2.33. The lowest BCUT2D eigenvalue weighted by Crippen LogP contribution is -2.41. The predicted octanol–water partition coefficient (Wildman–Crippen LogP) is 2.85. The topological polar surface area (TPSA) is 66.4 Å². The summed E-state index contributed by atoms with van der Waals surface area (Å²) in [6, 6.07) is 5.35. The number of hydrogen-bond acceptors (Lipinski definition) is 2. The fourth-order valence-electron chi connectivity index (χ4n) is 2.33. The first-order valence-corrected chi connectivity index (χ1v) is 7.38. The Balaban J connectivity index is 2.54. The van der Waals surface area contributed by atoms with Gasteiger partial charge in [0.15, 0.2) is 0 Å². The summed E-state index contributed by atoms with van der Waals surface area (Å²) in [5.74, 6) is -0.947. The van der Waals surface area contributed by atoms with Gasteiger partial charge in [-0.1, -0.05) is 37.6 Å². The van der Waals surface area contributed by atoms with Gasteiger partial charge in [-0.2, -0.15) is 0 Å². The molecule has 4 heteroatoms. The molecule has 0 aliphatic rings. The molecule has 0 heterocycles. The van der Waals surface area contributed by atoms with Crippen molar-refractivity contribution in [2.75, 3.05) is 0 Å². The molecule has 1 aromatic rings. The highest BCUT2D eigenvalue weighted by atomic mass is 16.4. The molecule has 1 rings (SSSR count). The molecule has 1 atom stereocenters. The van der Waals surface area contributed by atoms with E-state index >= 15 is 0 Å². The van der Waals surface area contributed by atoms with E-state index in [0.717, 1.165) is 5.56 Å². The molecule has 0 saturated heterocycles. The molecule has 116 valence electrons. The summed E-state index contributed by atoms with van der Waals surface area (Å²) in [6.07, 6.45) is 1.39. The maximum absolute atomic E-state index is 11.9. The van der Waals surface area contributed by atoms with Crippen molar-refractivity contribution in [3.05, 3.63) is 34.9 Å². The minimum Gasteiger partial charge on any atom is -0.480 e. The number of hydrogen-bond donors (Lipinski definition) is 2. The summed E-state index contributed by atoms with van der Waals surface area (Å²) >= 11 is 0. The van der Waals surface area contributed by atoms with Gasteiger partial charge in [0.05, 0.1) is 0 Å². The molecule has 0 radical (unpaired) electrons. The second kappa shape index (κ2) is 7.81. The molecular formula is C17H25NO3. The highest BCUT2D eigenvalue weighted by Crippen LogP contribution is 2.13. The number of nitrogens with one attached hydrogen (secondary N) is 1. The summed E-state index contributed by atoms with van der Waals surface area (Å²) in [6.45, 7) is 7.95. The van der Waals surface area contributed by atoms with E-state index in [0.29, 0.717) is 19.3 Å². The largest absolute Gasteiger partial charge is 0.480 e. The number of carbonyl (C=O) groups excluding carboxylic acids is 1. The molecule has 0 fully saturated rings. The predicted molar refractivity (Wildman–Crippen MR) is 83.3 cm³/mol. The van der Waals surface area contributed by atoms with Gasteiger partial charge in [-0.25, -0.2) is 4.79 Å². The molecule has 0 aliphatic carbocycles. The smallest absolute Gasteiger partial charge is 0.326 e. The van der Waals surface area contributed by atoms with Crippen LogP contribution in [0.5, 0.6) is 0 Å². The minimum absolute atomic E-state index is 0.206. The number of amides is 1. The van der Waals surface area contributed by atoms with Crippen LogP contribution >= 0.6 is 0 Å². The van der Waals surface area contributed by atoms with Crippen molar-refractivity contribution in [3.8, 4) is 0 Å². The molecule has 4 nitrogen and oxygen atoms in total. The van der Waals surface area contributed by atoms with Crippen LogP contribution in [0.1, 0.15) is 43.4 Å². The van der Waals surface area contributed by atoms with Gasteiger partial charge >= 0.3 is 5.97 Å². The van der Waals surface area contributed by atoms with Crippen LogP contribution < -0.4 is 5.32 Å². The standard InChI is InChI=1S/C17H25NO3/c1-11(2)9-15(17(20)21)18-16(19)8-7-14-6-5-12(3)10-13(14)4/h5-6,10-11,15H,7-9H2,1-4H3,(H,18,19)(H,20,21)/t15-/m1/s1. The first-order chi connectivity index (χ1) is 9.79. The molecule has 0 bridgehead atoms. The van der Waals surface area contributed by atoms with E-state index in [2.05, 4.69) is 11.4 Å². The number of benzene rings is 1. The van der Waals surface area contributed by atoms with Crippen LogP contribution in [0.4, 0.5) is 0 Å². The molecule has 21 heavy (non-hydrogen) atoms. The van der Waals surface area contributed by atoms with Crippen LogP contribution in [0.15, 0.2) is 18.2 Å². The van der Waals surface area contributed by atoms with E-state index in [1.54, 1.807) is 0 Å². The molecule has 0 aromatic heterocycles. The van der Waals surface area contributed by atoms with Crippen LogP contribution in [0.3, 0.4) is 0 Å². The Bertz CT molecular complexity index is 509. The van der Waals surface area contributed by atoms with E-state index in [9.17, 15) is 9.59 Å². The summed E-state index contributed by atoms with van der Waals surface area (Å²) < 4.78 is 0. The second-order valence-electron chi connectivity index (χ2n) is 6.02. The van der Waals surface area contributed by atoms with Gasteiger partial charge in [0.2, 0.25) is 5.91 Å². The van der Waals surface area contributed by atoms with Gasteiger partial charge in [0, 0.05) is 6.42 Å². The van der Waals surface area contributed by atoms with Crippen molar-refractivity contribution in [3.63, 3.8) is 0 Å². The molecule has 1 amide bonds. The Morgan fingerprint density at radius 1 is 1.24 bits per heavy atom. The van der Waals surface area contributed by atoms with Crippen LogP contribution in [0.2, 0.25) is 0 Å². The van der Waals surface area contributed by atoms with Crippen molar-refractivity contribution in [1.82, 2.24) is 5.32 Å². The number of aliphatic carboxylic acids is 1. The number of carbonyl (C=O) groups is 2. The first kappa shape index (κ1) is 17.2. The van der Waals surface area contributed by atoms with Gasteiger partial charge in [0.25, 0.3) is 0 Å². The molecule has 0 unspecified atom stereocenters. The van der Waals surface area contributed by atoms with Gasteiger partial charge in [-0.15, -0.1) is 0 Å². The summed E-state index contributed by atoms with van der Waals surface area (Å²) in [7, 11) is 0. The third-order valence-corrected chi connectivity index (χ3v) is 3.46. The minimum atomic E-state index is -0.969. The lowest BCUT2D eigenvalue weighted by atomic mass is 10.0. The highest BCUT2D eigenvalue weighted by molar-refractivity contribution is 5.83. The first-order valence-electron chi connectivity index (χ1n) is 7.38. The van der Waals surface area contributed by atoms with Gasteiger partial charge in [-0.3, -0.25) is 4.79 Å². The Hall–Kier alpha value is -1.84. The quantitative estimate of drug-likeness (QED) is 0.811. The number of aryl methyl sites for hydroxylation is 3. The Morgan fingerprint density at radius 2 is 1.90 bits per heavy atom. The van der Waals surface area contributed by atoms with Crippen LogP contribution in [-0.4, -0.2) is 23.0 Å². The Labute approximate surface area is 126 Å². The molecule has 1 aromatic carbocycles. The Kier molecular flexibility index (Phi) is 6.40. The lowest BCUT2D eigenvalue weighted by Gasteiger charge is -2.16. The number of rotatable bonds is 7. The van der Waals surface area contributed by atoms with Gasteiger partial charge in [-0.05, 0) is 43.7 Å². The van der Waals surface area contributed by atoms with Gasteiger partial charge in [0.1, 0.15) is 6.04 Å². The van der Waals surface area contributed by atoms with E-state index in [1.165, 1.54) is 11.1 Å². The van der Waals surface area contributed by atoms with Crippen LogP contribution in [0, 0.1) is 19.8 Å². The lowest BCUT2D eigenvalue weighted by molar-refractivity contribution is -0.142. The van der Waals surface area contributed by atoms with Gasteiger partial charge < -0.3 is 10.4 Å². The molecule has 2 N–H and O–H groups in total. The normalized spacial score (nSPS) is 12.2. The van der Waals surface area contributed by atoms with Crippen LogP contribution in [0.25, 0.3) is 0 Å². The van der Waals surface area contributed by atoms with Crippen LogP contribution in [-0.2, 0) is 16.0 Å². The van der Waals surface area contributed by atoms with E-state index in [4.69, 9.17) is 5.11 Å². The zero-order valence-corrected chi connectivity index (χ0v) is 13.3. The van der Waals surface area contributed by atoms with Crippen molar-refractivity contribution in [1.29, 1.82) is 0 Å². The van der Waals surface area contributed by atoms with Crippen molar-refractivity contribution >= 4 is 11.9 Å². The summed E-state index contributed by atoms with van der Waals surface area (Å²) in [5.41, 5.74) is 3.50.